The molecule has 16 heteroatoms. The number of hydrogen-bond donors (Lipinski definition) is 3. The predicted octanol–water partition coefficient (Wildman–Crippen LogP) is 7.40. The van der Waals surface area contributed by atoms with Gasteiger partial charge in [-0.2, -0.15) is 4.98 Å². The lowest BCUT2D eigenvalue weighted by atomic mass is 9.95. The third-order valence-corrected chi connectivity index (χ3v) is 12.7. The maximum atomic E-state index is 16.0. The molecule has 4 amide bonds. The third-order valence-electron chi connectivity index (χ3n) is 12.7. The number of rotatable bonds is 10. The zero-order valence-corrected chi connectivity index (χ0v) is 36.9. The van der Waals surface area contributed by atoms with Crippen LogP contribution in [-0.4, -0.2) is 100 Å². The normalized spacial score (nSPS) is 17.2. The fraction of sp³-hybridized carbons (Fsp3) is 0.396. The van der Waals surface area contributed by atoms with Gasteiger partial charge in [-0.25, -0.2) is 19.2 Å². The monoisotopic (exact) mass is 867 g/mol. The molecule has 1 atom stereocenters. The topological polar surface area (TPSA) is 169 Å². The number of carbonyl (C=O) groups is 3. The summed E-state index contributed by atoms with van der Waals surface area (Å²) in [6, 6.07) is 21.0. The number of halogens is 1. The number of piperazine rings is 1. The Bertz CT molecular complexity index is 2670. The van der Waals surface area contributed by atoms with Gasteiger partial charge in [0.2, 0.25) is 11.8 Å². The fourth-order valence-corrected chi connectivity index (χ4v) is 9.05. The van der Waals surface area contributed by atoms with Crippen molar-refractivity contribution in [1.82, 2.24) is 40.6 Å². The number of benzene rings is 3. The van der Waals surface area contributed by atoms with Crippen LogP contribution in [-0.2, 0) is 10.2 Å². The first kappa shape index (κ1) is 42.6. The molecule has 64 heavy (non-hydrogen) atoms. The second kappa shape index (κ2) is 17.5. The van der Waals surface area contributed by atoms with Crippen LogP contribution in [0.15, 0.2) is 77.6 Å². The molecule has 9 rings (SSSR count). The molecule has 3 aliphatic heterocycles. The first-order chi connectivity index (χ1) is 30.8. The largest absolute Gasteiger partial charge is 0.372 e. The molecule has 0 aliphatic carbocycles. The lowest BCUT2D eigenvalue weighted by molar-refractivity contribution is -0.120. The predicted molar refractivity (Wildman–Crippen MR) is 244 cm³/mol. The Morgan fingerprint density at radius 1 is 0.891 bits per heavy atom. The average Bonchev–Trinajstić information content (AvgIpc) is 3.98. The maximum Gasteiger partial charge on any atom is 0.328 e. The van der Waals surface area contributed by atoms with E-state index in [1.807, 2.05) is 45.9 Å². The molecule has 3 N–H and O–H groups in total. The van der Waals surface area contributed by atoms with Crippen molar-refractivity contribution in [3.05, 3.63) is 102 Å². The summed E-state index contributed by atoms with van der Waals surface area (Å²) in [6.07, 6.45) is 4.05. The quantitative estimate of drug-likeness (QED) is 0.126. The smallest absolute Gasteiger partial charge is 0.328 e. The molecule has 0 bridgehead atoms. The molecule has 332 valence electrons. The molecule has 6 aromatic rings. The van der Waals surface area contributed by atoms with Crippen molar-refractivity contribution in [2.24, 2.45) is 5.92 Å². The van der Waals surface area contributed by atoms with Gasteiger partial charge in [-0.3, -0.25) is 24.7 Å². The van der Waals surface area contributed by atoms with E-state index in [9.17, 15) is 14.4 Å². The van der Waals surface area contributed by atoms with Gasteiger partial charge >= 0.3 is 6.03 Å². The highest BCUT2D eigenvalue weighted by Gasteiger charge is 2.28. The first-order valence-corrected chi connectivity index (χ1v) is 22.1. The number of H-pyrrole nitrogens is 1. The average molecular weight is 868 g/mol. The Balaban J connectivity index is 0.781. The Morgan fingerprint density at radius 3 is 2.23 bits per heavy atom. The van der Waals surface area contributed by atoms with Gasteiger partial charge in [0.15, 0.2) is 0 Å². The van der Waals surface area contributed by atoms with E-state index in [0.717, 1.165) is 81.2 Å². The minimum atomic E-state index is -0.522. The van der Waals surface area contributed by atoms with Gasteiger partial charge in [-0.05, 0) is 104 Å². The standard InChI is InChI=1S/C48H54FN11O4/c1-29-24-37(39(49)25-36(29)30(2)52-45(62)44-55-46(64-56-44)48(3,4)5)42-38-26-40(53-43(38)51-28-50-42)32-6-8-33(9-7-32)59-22-20-57(21-23-59)27-31-14-17-58(18-15-31)34-10-12-35(13-11-34)60-19-16-41(61)54-47(60)63/h6-13,24-26,28,30-31H,14-23,27H2,1-5H3,(H,52,62)(H,50,51,53)(H,54,61,63). The Morgan fingerprint density at radius 2 is 1.56 bits per heavy atom. The number of nitrogens with one attached hydrogen (secondary N) is 3. The minimum Gasteiger partial charge on any atom is -0.372 e. The number of aromatic nitrogens is 5. The van der Waals surface area contributed by atoms with Crippen LogP contribution in [0.5, 0.6) is 0 Å². The molecule has 0 radical (unpaired) electrons. The lowest BCUT2D eigenvalue weighted by Gasteiger charge is -2.40. The van der Waals surface area contributed by atoms with Gasteiger partial charge in [-0.15, -0.1) is 0 Å². The van der Waals surface area contributed by atoms with Crippen LogP contribution in [0.4, 0.5) is 26.2 Å². The summed E-state index contributed by atoms with van der Waals surface area (Å²) >= 11 is 0. The Labute approximate surface area is 371 Å². The first-order valence-electron chi connectivity index (χ1n) is 22.1. The Hall–Kier alpha value is -6.68. The lowest BCUT2D eigenvalue weighted by Crippen LogP contribution is -2.49. The van der Waals surface area contributed by atoms with Gasteiger partial charge < -0.3 is 24.6 Å². The van der Waals surface area contributed by atoms with Gasteiger partial charge in [0, 0.05) is 97.9 Å². The zero-order valence-electron chi connectivity index (χ0n) is 36.9. The van der Waals surface area contributed by atoms with Gasteiger partial charge in [0.25, 0.3) is 11.7 Å². The highest BCUT2D eigenvalue weighted by Crippen LogP contribution is 2.35. The second-order valence-electron chi connectivity index (χ2n) is 18.3. The van der Waals surface area contributed by atoms with E-state index in [2.05, 4.69) is 86.8 Å². The van der Waals surface area contributed by atoms with E-state index in [1.165, 1.54) is 23.8 Å². The molecule has 3 saturated heterocycles. The van der Waals surface area contributed by atoms with E-state index in [4.69, 9.17) is 4.52 Å². The van der Waals surface area contributed by atoms with Crippen molar-refractivity contribution >= 4 is 45.9 Å². The van der Waals surface area contributed by atoms with Gasteiger partial charge in [-0.1, -0.05) is 38.1 Å². The van der Waals surface area contributed by atoms with Crippen LogP contribution < -0.4 is 25.3 Å². The van der Waals surface area contributed by atoms with Gasteiger partial charge in [0.05, 0.1) is 11.7 Å². The van der Waals surface area contributed by atoms with Crippen LogP contribution in [0.3, 0.4) is 0 Å². The van der Waals surface area contributed by atoms with Gasteiger partial charge in [0.1, 0.15) is 17.8 Å². The third kappa shape index (κ3) is 8.91. The number of imide groups is 1. The van der Waals surface area contributed by atoms with E-state index in [-0.39, 0.29) is 17.8 Å². The number of aryl methyl sites for hydroxylation is 1. The van der Waals surface area contributed by atoms with E-state index in [1.54, 1.807) is 17.9 Å². The molecule has 3 aromatic carbocycles. The van der Waals surface area contributed by atoms with Crippen molar-refractivity contribution < 1.29 is 23.3 Å². The van der Waals surface area contributed by atoms with Crippen LogP contribution in [0.25, 0.3) is 33.5 Å². The summed E-state index contributed by atoms with van der Waals surface area (Å²) in [6.45, 7) is 16.9. The number of carbonyl (C=O) groups excluding carboxylic acids is 3. The number of aromatic amines is 1. The maximum absolute atomic E-state index is 16.0. The van der Waals surface area contributed by atoms with Crippen molar-refractivity contribution in [3.63, 3.8) is 0 Å². The zero-order chi connectivity index (χ0) is 44.7. The van der Waals surface area contributed by atoms with Crippen LogP contribution in [0.2, 0.25) is 0 Å². The van der Waals surface area contributed by atoms with E-state index < -0.39 is 23.2 Å². The number of anilines is 3. The SMILES string of the molecule is Cc1cc(-c2ncnc3[nH]c(-c4ccc(N5CCN(CC6CCN(c7ccc(N8CCC(=O)NC8=O)cc7)CC6)CC5)cc4)cc23)c(F)cc1C(C)NC(=O)c1noc(C(C)(C)C)n1. The fourth-order valence-electron chi connectivity index (χ4n) is 9.05. The van der Waals surface area contributed by atoms with Crippen molar-refractivity contribution in [3.8, 4) is 22.5 Å². The summed E-state index contributed by atoms with van der Waals surface area (Å²) < 4.78 is 21.3. The minimum absolute atomic E-state index is 0.0682. The van der Waals surface area contributed by atoms with Crippen LogP contribution in [0, 0.1) is 18.7 Å². The van der Waals surface area contributed by atoms with Crippen molar-refractivity contribution in [2.75, 3.05) is 67.1 Å². The summed E-state index contributed by atoms with van der Waals surface area (Å²) in [5.74, 6) is -0.234. The molecule has 15 nitrogen and oxygen atoms in total. The van der Waals surface area contributed by atoms with E-state index in [0.29, 0.717) is 52.6 Å². The van der Waals surface area contributed by atoms with Crippen LogP contribution in [0.1, 0.15) is 80.6 Å². The molecule has 6 heterocycles. The summed E-state index contributed by atoms with van der Waals surface area (Å²) in [5.41, 5.74) is 7.48. The molecule has 3 fully saturated rings. The molecular formula is C48H54FN11O4. The van der Waals surface area contributed by atoms with E-state index >= 15 is 4.39 Å². The summed E-state index contributed by atoms with van der Waals surface area (Å²) in [4.78, 5) is 62.5. The Kier molecular flexibility index (Phi) is 11.6. The number of hydrogen-bond acceptors (Lipinski definition) is 11. The summed E-state index contributed by atoms with van der Waals surface area (Å²) in [7, 11) is 0. The highest BCUT2D eigenvalue weighted by atomic mass is 19.1. The molecular weight excluding hydrogens is 814 g/mol. The highest BCUT2D eigenvalue weighted by molar-refractivity contribution is 6.05. The number of nitrogens with zero attached hydrogens (tertiary/aromatic N) is 8. The summed E-state index contributed by atoms with van der Waals surface area (Å²) in [5, 5.41) is 9.81. The molecule has 3 aliphatic rings. The second-order valence-corrected chi connectivity index (χ2v) is 18.3. The van der Waals surface area contributed by atoms with Crippen molar-refractivity contribution in [1.29, 1.82) is 0 Å². The number of urea groups is 1. The van der Waals surface area contributed by atoms with Crippen LogP contribution >= 0.6 is 0 Å². The molecule has 3 aromatic heterocycles. The number of piperidine rings is 1. The number of amides is 4. The molecule has 1 unspecified atom stereocenters. The number of fused-ring (bicyclic) bond motifs is 1. The molecule has 0 spiro atoms. The van der Waals surface area contributed by atoms with Crippen molar-refractivity contribution in [2.45, 2.75) is 65.3 Å². The molecule has 0 saturated carbocycles.